The molecule has 0 aliphatic carbocycles. The van der Waals surface area contributed by atoms with E-state index in [1.165, 1.54) is 0 Å². The maximum absolute atomic E-state index is 12.8. The second-order valence-electron chi connectivity index (χ2n) is 7.21. The van der Waals surface area contributed by atoms with Gasteiger partial charge in [-0.1, -0.05) is 43.7 Å². The number of carbonyl (C=O) groups excluding carboxylic acids is 3. The number of esters is 1. The molecular formula is C23H25NO5S. The van der Waals surface area contributed by atoms with Crippen LogP contribution in [0.2, 0.25) is 0 Å². The molecule has 0 bridgehead atoms. The summed E-state index contributed by atoms with van der Waals surface area (Å²) in [7, 11) is 0. The molecule has 7 heteroatoms. The summed E-state index contributed by atoms with van der Waals surface area (Å²) in [6, 6.07) is 11.6. The van der Waals surface area contributed by atoms with E-state index >= 15 is 0 Å². The lowest BCUT2D eigenvalue weighted by molar-refractivity contribution is -0.146. The van der Waals surface area contributed by atoms with Crippen molar-refractivity contribution in [2.24, 2.45) is 0 Å². The van der Waals surface area contributed by atoms with Crippen LogP contribution in [0.25, 0.3) is 16.8 Å². The first-order chi connectivity index (χ1) is 14.4. The van der Waals surface area contributed by atoms with Crippen molar-refractivity contribution in [2.45, 2.75) is 39.7 Å². The number of ether oxygens (including phenoxy) is 2. The molecule has 0 unspecified atom stereocenters. The highest BCUT2D eigenvalue weighted by Crippen LogP contribution is 2.37. The number of hydrogen-bond donors (Lipinski definition) is 0. The van der Waals surface area contributed by atoms with E-state index in [1.54, 1.807) is 6.08 Å². The summed E-state index contributed by atoms with van der Waals surface area (Å²) in [6.45, 7) is 5.75. The summed E-state index contributed by atoms with van der Waals surface area (Å²) in [6.07, 6.45) is 3.26. The van der Waals surface area contributed by atoms with Crippen LogP contribution in [0.5, 0.6) is 5.75 Å². The van der Waals surface area contributed by atoms with E-state index in [1.807, 2.05) is 57.2 Å². The van der Waals surface area contributed by atoms with E-state index in [0.717, 1.165) is 45.8 Å². The molecule has 1 aliphatic rings. The van der Waals surface area contributed by atoms with Gasteiger partial charge < -0.3 is 9.47 Å². The maximum Gasteiger partial charge on any atom is 0.326 e. The Kier molecular flexibility index (Phi) is 7.15. The zero-order valence-corrected chi connectivity index (χ0v) is 18.2. The fourth-order valence-electron chi connectivity index (χ4n) is 3.05. The Bertz CT molecular complexity index is 998. The Labute approximate surface area is 180 Å². The van der Waals surface area contributed by atoms with Crippen molar-refractivity contribution in [3.8, 4) is 5.75 Å². The number of hydrogen-bond acceptors (Lipinski definition) is 6. The third kappa shape index (κ3) is 5.02. The van der Waals surface area contributed by atoms with Crippen LogP contribution >= 0.6 is 11.8 Å². The van der Waals surface area contributed by atoms with Gasteiger partial charge in [-0.25, -0.2) is 0 Å². The molecule has 0 saturated carbocycles. The molecule has 1 saturated heterocycles. The number of benzene rings is 2. The lowest BCUT2D eigenvalue weighted by atomic mass is 10.0. The minimum absolute atomic E-state index is 0.0498. The fourth-order valence-corrected chi connectivity index (χ4v) is 3.87. The van der Waals surface area contributed by atoms with Crippen molar-refractivity contribution >= 4 is 45.7 Å². The minimum Gasteiger partial charge on any atom is -0.490 e. The number of thioether (sulfide) groups is 1. The highest BCUT2D eigenvalue weighted by Gasteiger charge is 2.37. The topological polar surface area (TPSA) is 72.9 Å². The fraction of sp³-hybridized carbons (Fsp3) is 0.348. The van der Waals surface area contributed by atoms with Crippen LogP contribution in [0.4, 0.5) is 4.79 Å². The highest BCUT2D eigenvalue weighted by atomic mass is 32.2. The van der Waals surface area contributed by atoms with Crippen LogP contribution in [0.15, 0.2) is 41.3 Å². The molecule has 1 heterocycles. The van der Waals surface area contributed by atoms with E-state index in [9.17, 15) is 14.4 Å². The molecule has 2 amide bonds. The first-order valence-electron chi connectivity index (χ1n) is 10.00. The number of nitrogens with zero attached hydrogens (tertiary/aromatic N) is 1. The van der Waals surface area contributed by atoms with Crippen molar-refractivity contribution in [1.82, 2.24) is 4.90 Å². The average molecular weight is 428 g/mol. The van der Waals surface area contributed by atoms with Crippen LogP contribution < -0.4 is 4.74 Å². The zero-order chi connectivity index (χ0) is 21.7. The molecule has 0 atom stereocenters. The number of unbranched alkanes of at least 4 members (excludes halogenated alkanes) is 1. The van der Waals surface area contributed by atoms with Gasteiger partial charge in [0.15, 0.2) is 0 Å². The Morgan fingerprint density at radius 3 is 2.67 bits per heavy atom. The third-order valence-corrected chi connectivity index (χ3v) is 5.40. The third-order valence-electron chi connectivity index (χ3n) is 4.49. The van der Waals surface area contributed by atoms with E-state index in [2.05, 4.69) is 0 Å². The van der Waals surface area contributed by atoms with Crippen LogP contribution in [0.3, 0.4) is 0 Å². The largest absolute Gasteiger partial charge is 0.490 e. The van der Waals surface area contributed by atoms with Gasteiger partial charge in [-0.15, -0.1) is 0 Å². The molecule has 1 aliphatic heterocycles. The molecule has 0 radical (unpaired) electrons. The zero-order valence-electron chi connectivity index (χ0n) is 17.3. The standard InChI is InChI=1S/C23H25NO5S/c1-4-5-12-28-21(25)14-24-22(26)20(30-23(24)27)13-18-17-9-7-6-8-16(17)10-11-19(18)29-15(2)3/h6-11,13,15H,4-5,12,14H2,1-3H3/b20-13+. The van der Waals surface area contributed by atoms with E-state index in [0.29, 0.717) is 5.75 Å². The second-order valence-corrected chi connectivity index (χ2v) is 8.20. The molecule has 2 aromatic carbocycles. The summed E-state index contributed by atoms with van der Waals surface area (Å²) in [5.74, 6) is -0.448. The maximum atomic E-state index is 12.8. The smallest absolute Gasteiger partial charge is 0.326 e. The summed E-state index contributed by atoms with van der Waals surface area (Å²) >= 11 is 0.818. The van der Waals surface area contributed by atoms with Gasteiger partial charge in [0.2, 0.25) is 0 Å². The first kappa shape index (κ1) is 21.9. The van der Waals surface area contributed by atoms with Gasteiger partial charge in [-0.3, -0.25) is 19.3 Å². The van der Waals surface area contributed by atoms with Gasteiger partial charge in [0.25, 0.3) is 11.1 Å². The lowest BCUT2D eigenvalue weighted by Crippen LogP contribution is -2.34. The summed E-state index contributed by atoms with van der Waals surface area (Å²) < 4.78 is 11.0. The minimum atomic E-state index is -0.582. The number of amides is 2. The molecule has 158 valence electrons. The van der Waals surface area contributed by atoms with Gasteiger partial charge in [-0.05, 0) is 54.9 Å². The van der Waals surface area contributed by atoms with Crippen LogP contribution in [0, 0.1) is 0 Å². The van der Waals surface area contributed by atoms with Gasteiger partial charge in [-0.2, -0.15) is 0 Å². The molecule has 6 nitrogen and oxygen atoms in total. The first-order valence-corrected chi connectivity index (χ1v) is 10.8. The van der Waals surface area contributed by atoms with Gasteiger partial charge >= 0.3 is 5.97 Å². The molecule has 3 rings (SSSR count). The SMILES string of the molecule is CCCCOC(=O)CN1C(=O)S/C(=C/c2c(OC(C)C)ccc3ccccc23)C1=O. The van der Waals surface area contributed by atoms with Gasteiger partial charge in [0, 0.05) is 5.56 Å². The number of rotatable bonds is 8. The van der Waals surface area contributed by atoms with Gasteiger partial charge in [0.1, 0.15) is 12.3 Å². The van der Waals surface area contributed by atoms with Crippen LogP contribution in [-0.4, -0.2) is 41.3 Å². The number of imide groups is 1. The Balaban J connectivity index is 1.90. The molecule has 0 spiro atoms. The van der Waals surface area contributed by atoms with E-state index in [-0.39, 0.29) is 24.2 Å². The number of carbonyl (C=O) groups is 3. The predicted octanol–water partition coefficient (Wildman–Crippen LogP) is 5.01. The quantitative estimate of drug-likeness (QED) is 0.335. The van der Waals surface area contributed by atoms with Crippen molar-refractivity contribution < 1.29 is 23.9 Å². The lowest BCUT2D eigenvalue weighted by Gasteiger charge is -2.15. The molecule has 30 heavy (non-hydrogen) atoms. The van der Waals surface area contributed by atoms with Gasteiger partial charge in [0.05, 0.1) is 17.6 Å². The number of fused-ring (bicyclic) bond motifs is 1. The second kappa shape index (κ2) is 9.80. The predicted molar refractivity (Wildman–Crippen MR) is 118 cm³/mol. The van der Waals surface area contributed by atoms with E-state index in [4.69, 9.17) is 9.47 Å². The Morgan fingerprint density at radius 2 is 1.93 bits per heavy atom. The van der Waals surface area contributed by atoms with Crippen molar-refractivity contribution in [1.29, 1.82) is 0 Å². The molecule has 0 aromatic heterocycles. The molecule has 1 fully saturated rings. The van der Waals surface area contributed by atoms with Crippen molar-refractivity contribution in [3.63, 3.8) is 0 Å². The molecule has 0 N–H and O–H groups in total. The summed E-state index contributed by atoms with van der Waals surface area (Å²) in [5.41, 5.74) is 0.734. The highest BCUT2D eigenvalue weighted by molar-refractivity contribution is 8.18. The average Bonchev–Trinajstić information content (AvgIpc) is 2.97. The van der Waals surface area contributed by atoms with Crippen molar-refractivity contribution in [2.75, 3.05) is 13.2 Å². The Hall–Kier alpha value is -2.80. The summed E-state index contributed by atoms with van der Waals surface area (Å²) in [4.78, 5) is 38.3. The monoisotopic (exact) mass is 427 g/mol. The van der Waals surface area contributed by atoms with Crippen LogP contribution in [-0.2, 0) is 14.3 Å². The van der Waals surface area contributed by atoms with E-state index < -0.39 is 17.1 Å². The Morgan fingerprint density at radius 1 is 1.17 bits per heavy atom. The van der Waals surface area contributed by atoms with Crippen molar-refractivity contribution in [3.05, 3.63) is 46.9 Å². The molecule has 2 aromatic rings. The normalized spacial score (nSPS) is 15.5. The summed E-state index contributed by atoms with van der Waals surface area (Å²) in [5, 5.41) is 1.44. The molecular weight excluding hydrogens is 402 g/mol. The van der Waals surface area contributed by atoms with Crippen LogP contribution in [0.1, 0.15) is 39.2 Å².